The molecule has 1 N–H and O–H groups in total. The van der Waals surface area contributed by atoms with Crippen molar-refractivity contribution in [2.75, 3.05) is 26.2 Å². The van der Waals surface area contributed by atoms with Gasteiger partial charge in [0, 0.05) is 12.6 Å². The topological polar surface area (TPSA) is 15.3 Å². The molecule has 0 aromatic carbocycles. The number of hydrogen-bond acceptors (Lipinski definition) is 2. The number of likely N-dealkylation sites (tertiary alicyclic amines) is 1. The normalized spacial score (nSPS) is 25.4. The highest BCUT2D eigenvalue weighted by molar-refractivity contribution is 4.83. The molecule has 1 heterocycles. The summed E-state index contributed by atoms with van der Waals surface area (Å²) in [5, 5.41) is 3.55. The molecular weight excluding hydrogens is 208 g/mol. The third-order valence-corrected chi connectivity index (χ3v) is 4.49. The molecule has 3 atom stereocenters. The Bertz CT molecular complexity index is 203. The lowest BCUT2D eigenvalue weighted by molar-refractivity contribution is 0.184. The van der Waals surface area contributed by atoms with Gasteiger partial charge in [0.25, 0.3) is 0 Å². The van der Waals surface area contributed by atoms with Crippen molar-refractivity contribution in [2.45, 2.75) is 53.5 Å². The second-order valence-corrected chi connectivity index (χ2v) is 6.21. The highest BCUT2D eigenvalue weighted by Crippen LogP contribution is 2.26. The van der Waals surface area contributed by atoms with Crippen LogP contribution < -0.4 is 5.32 Å². The Morgan fingerprint density at radius 2 is 1.94 bits per heavy atom. The molecule has 1 rings (SSSR count). The molecule has 0 bridgehead atoms. The summed E-state index contributed by atoms with van der Waals surface area (Å²) < 4.78 is 0. The van der Waals surface area contributed by atoms with Crippen molar-refractivity contribution in [3.63, 3.8) is 0 Å². The van der Waals surface area contributed by atoms with E-state index >= 15 is 0 Å². The first-order chi connectivity index (χ1) is 8.06. The molecule has 0 radical (unpaired) electrons. The van der Waals surface area contributed by atoms with Gasteiger partial charge in [0.1, 0.15) is 0 Å². The zero-order valence-electron chi connectivity index (χ0n) is 12.5. The van der Waals surface area contributed by atoms with E-state index in [2.05, 4.69) is 44.8 Å². The van der Waals surface area contributed by atoms with Gasteiger partial charge in [-0.1, -0.05) is 27.7 Å². The van der Waals surface area contributed by atoms with Gasteiger partial charge in [0.05, 0.1) is 0 Å². The highest BCUT2D eigenvalue weighted by atomic mass is 15.2. The van der Waals surface area contributed by atoms with Crippen LogP contribution in [0.25, 0.3) is 0 Å². The first-order valence-electron chi connectivity index (χ1n) is 7.51. The lowest BCUT2D eigenvalue weighted by atomic mass is 9.95. The molecule has 2 heteroatoms. The third-order valence-electron chi connectivity index (χ3n) is 4.49. The van der Waals surface area contributed by atoms with Crippen LogP contribution in [0, 0.1) is 17.8 Å². The van der Waals surface area contributed by atoms with Crippen molar-refractivity contribution in [1.82, 2.24) is 10.2 Å². The van der Waals surface area contributed by atoms with Crippen LogP contribution in [-0.2, 0) is 0 Å². The quantitative estimate of drug-likeness (QED) is 0.688. The second kappa shape index (κ2) is 7.38. The Morgan fingerprint density at radius 3 is 2.47 bits per heavy atom. The summed E-state index contributed by atoms with van der Waals surface area (Å²) in [7, 11) is 0. The number of nitrogens with one attached hydrogen (secondary N) is 1. The van der Waals surface area contributed by atoms with Crippen molar-refractivity contribution >= 4 is 0 Å². The summed E-state index contributed by atoms with van der Waals surface area (Å²) in [5.41, 5.74) is 0. The molecule has 0 aliphatic carbocycles. The van der Waals surface area contributed by atoms with E-state index in [4.69, 9.17) is 0 Å². The van der Waals surface area contributed by atoms with Crippen LogP contribution in [0.3, 0.4) is 0 Å². The monoisotopic (exact) mass is 240 g/mol. The summed E-state index contributed by atoms with van der Waals surface area (Å²) >= 11 is 0. The Kier molecular flexibility index (Phi) is 6.50. The van der Waals surface area contributed by atoms with Crippen LogP contribution in [0.2, 0.25) is 0 Å². The van der Waals surface area contributed by atoms with E-state index in [0.717, 1.165) is 36.9 Å². The fourth-order valence-corrected chi connectivity index (χ4v) is 2.77. The highest BCUT2D eigenvalue weighted by Gasteiger charge is 2.29. The summed E-state index contributed by atoms with van der Waals surface area (Å²) in [4.78, 5) is 2.70. The van der Waals surface area contributed by atoms with E-state index in [9.17, 15) is 0 Å². The molecule has 17 heavy (non-hydrogen) atoms. The van der Waals surface area contributed by atoms with E-state index in [-0.39, 0.29) is 0 Å². The van der Waals surface area contributed by atoms with Crippen molar-refractivity contribution in [2.24, 2.45) is 17.8 Å². The van der Waals surface area contributed by atoms with Crippen LogP contribution in [0.5, 0.6) is 0 Å². The number of hydrogen-bond donors (Lipinski definition) is 1. The molecule has 1 fully saturated rings. The number of rotatable bonds is 7. The van der Waals surface area contributed by atoms with Crippen LogP contribution in [0.15, 0.2) is 0 Å². The predicted molar refractivity (Wildman–Crippen MR) is 76.3 cm³/mol. The average molecular weight is 240 g/mol. The van der Waals surface area contributed by atoms with Gasteiger partial charge in [-0.25, -0.2) is 0 Å². The molecule has 0 amide bonds. The van der Waals surface area contributed by atoms with Crippen molar-refractivity contribution in [3.05, 3.63) is 0 Å². The van der Waals surface area contributed by atoms with Crippen molar-refractivity contribution in [1.29, 1.82) is 0 Å². The fraction of sp³-hybridized carbons (Fsp3) is 1.00. The molecule has 2 nitrogen and oxygen atoms in total. The van der Waals surface area contributed by atoms with Gasteiger partial charge in [-0.2, -0.15) is 0 Å². The lowest BCUT2D eigenvalue weighted by Gasteiger charge is -2.30. The van der Waals surface area contributed by atoms with Gasteiger partial charge >= 0.3 is 0 Å². The minimum Gasteiger partial charge on any atom is -0.316 e. The SMILES string of the molecule is CCCNCC(C)C(C)N1CCC(C(C)C)C1. The molecule has 1 saturated heterocycles. The molecule has 0 spiro atoms. The second-order valence-electron chi connectivity index (χ2n) is 6.21. The van der Waals surface area contributed by atoms with E-state index in [1.807, 2.05) is 0 Å². The van der Waals surface area contributed by atoms with Gasteiger partial charge in [-0.05, 0) is 57.2 Å². The smallest absolute Gasteiger partial charge is 0.0105 e. The summed E-state index contributed by atoms with van der Waals surface area (Å²) in [6.07, 6.45) is 2.64. The molecule has 1 aliphatic rings. The molecule has 0 saturated carbocycles. The van der Waals surface area contributed by atoms with Gasteiger partial charge in [-0.15, -0.1) is 0 Å². The minimum atomic E-state index is 0.725. The summed E-state index contributed by atoms with van der Waals surface area (Å²) in [6.45, 7) is 16.7. The maximum absolute atomic E-state index is 3.55. The predicted octanol–water partition coefficient (Wildman–Crippen LogP) is 2.99. The Balaban J connectivity index is 2.30. The van der Waals surface area contributed by atoms with Gasteiger partial charge in [0.2, 0.25) is 0 Å². The summed E-state index contributed by atoms with van der Waals surface area (Å²) in [5.74, 6) is 2.53. The van der Waals surface area contributed by atoms with E-state index < -0.39 is 0 Å². The number of nitrogens with zero attached hydrogens (tertiary/aromatic N) is 1. The maximum Gasteiger partial charge on any atom is 0.0105 e. The zero-order valence-corrected chi connectivity index (χ0v) is 12.5. The van der Waals surface area contributed by atoms with E-state index in [1.165, 1.54) is 25.9 Å². The van der Waals surface area contributed by atoms with Gasteiger partial charge in [-0.3, -0.25) is 0 Å². The lowest BCUT2D eigenvalue weighted by Crippen LogP contribution is -2.40. The first kappa shape index (κ1) is 15.0. The van der Waals surface area contributed by atoms with E-state index in [1.54, 1.807) is 0 Å². The van der Waals surface area contributed by atoms with Gasteiger partial charge < -0.3 is 10.2 Å². The fourth-order valence-electron chi connectivity index (χ4n) is 2.77. The molecular formula is C15H32N2. The molecule has 0 aromatic rings. The van der Waals surface area contributed by atoms with E-state index in [0.29, 0.717) is 0 Å². The van der Waals surface area contributed by atoms with Crippen LogP contribution in [0.4, 0.5) is 0 Å². The average Bonchev–Trinajstić information content (AvgIpc) is 2.77. The van der Waals surface area contributed by atoms with Crippen LogP contribution in [-0.4, -0.2) is 37.1 Å². The Labute approximate surface area is 108 Å². The Morgan fingerprint density at radius 1 is 1.24 bits per heavy atom. The molecule has 1 aliphatic heterocycles. The molecule has 0 aromatic heterocycles. The molecule has 102 valence electrons. The maximum atomic E-state index is 3.55. The summed E-state index contributed by atoms with van der Waals surface area (Å²) in [6, 6.07) is 0.725. The Hall–Kier alpha value is -0.0800. The first-order valence-corrected chi connectivity index (χ1v) is 7.51. The largest absolute Gasteiger partial charge is 0.316 e. The van der Waals surface area contributed by atoms with Gasteiger partial charge in [0.15, 0.2) is 0 Å². The minimum absolute atomic E-state index is 0.725. The van der Waals surface area contributed by atoms with Crippen molar-refractivity contribution < 1.29 is 0 Å². The zero-order chi connectivity index (χ0) is 12.8. The van der Waals surface area contributed by atoms with Crippen molar-refractivity contribution in [3.8, 4) is 0 Å². The third kappa shape index (κ3) is 4.59. The van der Waals surface area contributed by atoms with Crippen LogP contribution >= 0.6 is 0 Å². The standard InChI is InChI=1S/C15H32N2/c1-6-8-16-10-13(4)14(5)17-9-7-15(11-17)12(2)3/h12-16H,6-11H2,1-5H3. The van der Waals surface area contributed by atoms with Crippen LogP contribution in [0.1, 0.15) is 47.5 Å². The molecule has 3 unspecified atom stereocenters.